The summed E-state index contributed by atoms with van der Waals surface area (Å²) < 4.78 is 8.18. The van der Waals surface area contributed by atoms with Gasteiger partial charge in [0.25, 0.3) is 0 Å². The van der Waals surface area contributed by atoms with Gasteiger partial charge in [-0.2, -0.15) is 5.10 Å². The van der Waals surface area contributed by atoms with Crippen molar-refractivity contribution in [2.24, 2.45) is 0 Å². The maximum atomic E-state index is 11.8. The highest BCUT2D eigenvalue weighted by Crippen LogP contribution is 2.24. The summed E-state index contributed by atoms with van der Waals surface area (Å²) in [6, 6.07) is 0.115. The fourth-order valence-electron chi connectivity index (χ4n) is 2.21. The van der Waals surface area contributed by atoms with Crippen LogP contribution < -0.4 is 5.32 Å². The third-order valence-electron chi connectivity index (χ3n) is 3.11. The third-order valence-corrected chi connectivity index (χ3v) is 3.87. The van der Waals surface area contributed by atoms with Crippen molar-refractivity contribution in [3.8, 4) is 0 Å². The molecule has 1 amide bonds. The second kappa shape index (κ2) is 5.15. The number of ether oxygens (including phenoxy) is 1. The van der Waals surface area contributed by atoms with Crippen molar-refractivity contribution >= 4 is 22.0 Å². The van der Waals surface area contributed by atoms with E-state index >= 15 is 0 Å². The molecule has 5 nitrogen and oxygen atoms in total. The molecule has 2 rings (SSSR count). The highest BCUT2D eigenvalue weighted by molar-refractivity contribution is 9.10. The van der Waals surface area contributed by atoms with Gasteiger partial charge in [-0.05, 0) is 50.0 Å². The second-order valence-corrected chi connectivity index (χ2v) is 6.67. The first kappa shape index (κ1) is 14.4. The van der Waals surface area contributed by atoms with E-state index in [1.807, 2.05) is 32.4 Å². The van der Waals surface area contributed by atoms with Crippen LogP contribution in [0.25, 0.3) is 0 Å². The molecule has 0 aromatic carbocycles. The maximum Gasteiger partial charge on any atom is 0.407 e. The van der Waals surface area contributed by atoms with Gasteiger partial charge < -0.3 is 10.1 Å². The number of aryl methyl sites for hydroxylation is 1. The first-order valence-corrected chi connectivity index (χ1v) is 7.27. The van der Waals surface area contributed by atoms with Crippen LogP contribution in [0, 0.1) is 6.92 Å². The number of amides is 1. The number of rotatable bonds is 1. The molecule has 0 saturated heterocycles. The molecule has 1 N–H and O–H groups in total. The summed E-state index contributed by atoms with van der Waals surface area (Å²) in [5.74, 6) is 0. The van der Waals surface area contributed by atoms with Crippen molar-refractivity contribution in [3.63, 3.8) is 0 Å². The third kappa shape index (κ3) is 3.49. The molecule has 1 atom stereocenters. The highest BCUT2D eigenvalue weighted by atomic mass is 79.9. The van der Waals surface area contributed by atoms with E-state index < -0.39 is 5.60 Å². The average Bonchev–Trinajstić information content (AvgIpc) is 2.53. The fourth-order valence-corrected chi connectivity index (χ4v) is 2.63. The molecule has 0 fully saturated rings. The molecular formula is C13H20BrN3O2. The predicted molar refractivity (Wildman–Crippen MR) is 76.1 cm³/mol. The number of aromatic nitrogens is 2. The van der Waals surface area contributed by atoms with Gasteiger partial charge in [-0.3, -0.25) is 4.68 Å². The number of nitrogens with zero attached hydrogens (tertiary/aromatic N) is 2. The van der Waals surface area contributed by atoms with E-state index in [-0.39, 0.29) is 12.1 Å². The summed E-state index contributed by atoms with van der Waals surface area (Å²) >= 11 is 3.44. The van der Waals surface area contributed by atoms with Gasteiger partial charge in [0.05, 0.1) is 0 Å². The Morgan fingerprint density at radius 1 is 1.53 bits per heavy atom. The lowest BCUT2D eigenvalue weighted by Crippen LogP contribution is -2.43. The molecule has 1 aromatic heterocycles. The zero-order chi connectivity index (χ0) is 14.2. The summed E-state index contributed by atoms with van der Waals surface area (Å²) in [6.45, 7) is 8.46. The van der Waals surface area contributed by atoms with E-state index in [1.165, 1.54) is 5.69 Å². The molecule has 2 heterocycles. The number of carbonyl (C=O) groups is 1. The topological polar surface area (TPSA) is 56.2 Å². The van der Waals surface area contributed by atoms with Crippen LogP contribution in [-0.2, 0) is 17.7 Å². The van der Waals surface area contributed by atoms with Crippen LogP contribution in [-0.4, -0.2) is 27.5 Å². The van der Waals surface area contributed by atoms with Crippen LogP contribution in [0.5, 0.6) is 0 Å². The van der Waals surface area contributed by atoms with E-state index in [0.717, 1.165) is 29.6 Å². The first-order chi connectivity index (χ1) is 8.76. The van der Waals surface area contributed by atoms with Crippen molar-refractivity contribution in [1.82, 2.24) is 15.1 Å². The molecule has 19 heavy (non-hydrogen) atoms. The zero-order valence-corrected chi connectivity index (χ0v) is 13.4. The van der Waals surface area contributed by atoms with Gasteiger partial charge >= 0.3 is 6.09 Å². The lowest BCUT2D eigenvalue weighted by Gasteiger charge is -2.26. The molecule has 106 valence electrons. The number of fused-ring (bicyclic) bond motifs is 1. The van der Waals surface area contributed by atoms with Crippen molar-refractivity contribution in [2.45, 2.75) is 58.7 Å². The monoisotopic (exact) mass is 329 g/mol. The van der Waals surface area contributed by atoms with Gasteiger partial charge in [-0.1, -0.05) is 0 Å². The van der Waals surface area contributed by atoms with E-state index in [2.05, 4.69) is 26.3 Å². The molecule has 0 spiro atoms. The molecule has 0 saturated carbocycles. The van der Waals surface area contributed by atoms with Gasteiger partial charge in [0.2, 0.25) is 0 Å². The van der Waals surface area contributed by atoms with E-state index in [1.54, 1.807) is 0 Å². The summed E-state index contributed by atoms with van der Waals surface area (Å²) in [5, 5.41) is 7.35. The summed E-state index contributed by atoms with van der Waals surface area (Å²) in [4.78, 5) is 11.8. The van der Waals surface area contributed by atoms with Crippen LogP contribution in [0.1, 0.15) is 38.4 Å². The maximum absolute atomic E-state index is 11.8. The van der Waals surface area contributed by atoms with Crippen LogP contribution >= 0.6 is 15.9 Å². The van der Waals surface area contributed by atoms with Gasteiger partial charge in [-0.15, -0.1) is 0 Å². The van der Waals surface area contributed by atoms with Gasteiger partial charge in [0, 0.05) is 30.3 Å². The van der Waals surface area contributed by atoms with E-state index in [4.69, 9.17) is 4.74 Å². The number of halogens is 1. The van der Waals surface area contributed by atoms with E-state index in [0.29, 0.717) is 0 Å². The molecule has 6 heteroatoms. The molecule has 0 bridgehead atoms. The smallest absolute Gasteiger partial charge is 0.407 e. The number of nitrogens with one attached hydrogen (secondary N) is 1. The minimum atomic E-state index is -0.459. The van der Waals surface area contributed by atoms with Crippen LogP contribution in [0.4, 0.5) is 4.79 Å². The summed E-state index contributed by atoms with van der Waals surface area (Å²) in [7, 11) is 0. The number of alkyl carbamates (subject to hydrolysis) is 1. The van der Waals surface area contributed by atoms with Crippen LogP contribution in [0.2, 0.25) is 0 Å². The average molecular weight is 330 g/mol. The van der Waals surface area contributed by atoms with Crippen LogP contribution in [0.3, 0.4) is 0 Å². The molecular weight excluding hydrogens is 310 g/mol. The molecule has 0 aliphatic carbocycles. The lowest BCUT2D eigenvalue weighted by atomic mass is 10.0. The second-order valence-electron chi connectivity index (χ2n) is 5.92. The Hall–Kier alpha value is -1.04. The summed E-state index contributed by atoms with van der Waals surface area (Å²) in [6.07, 6.45) is 1.32. The Kier molecular flexibility index (Phi) is 3.90. The van der Waals surface area contributed by atoms with Gasteiger partial charge in [0.15, 0.2) is 0 Å². The van der Waals surface area contributed by atoms with Crippen molar-refractivity contribution in [1.29, 1.82) is 0 Å². The Morgan fingerprint density at radius 2 is 2.21 bits per heavy atom. The molecule has 1 aliphatic heterocycles. The Bertz CT molecular complexity index is 491. The fraction of sp³-hybridized carbons (Fsp3) is 0.692. The van der Waals surface area contributed by atoms with E-state index in [9.17, 15) is 4.79 Å². The molecule has 1 aromatic rings. The van der Waals surface area contributed by atoms with Gasteiger partial charge in [0.1, 0.15) is 10.2 Å². The lowest BCUT2D eigenvalue weighted by molar-refractivity contribution is 0.0496. The van der Waals surface area contributed by atoms with Crippen LogP contribution in [0.15, 0.2) is 4.60 Å². The zero-order valence-electron chi connectivity index (χ0n) is 11.8. The standard InChI is InChI=1S/C13H20BrN3O2/c1-8-10-7-9(5-6-17(10)16-11(8)14)15-12(18)19-13(2,3)4/h9H,5-7H2,1-4H3,(H,15,18). The van der Waals surface area contributed by atoms with Crippen molar-refractivity contribution < 1.29 is 9.53 Å². The Labute approximate surface area is 121 Å². The molecule has 1 aliphatic rings. The Morgan fingerprint density at radius 3 is 2.84 bits per heavy atom. The quantitative estimate of drug-likeness (QED) is 0.861. The largest absolute Gasteiger partial charge is 0.444 e. The van der Waals surface area contributed by atoms with Crippen molar-refractivity contribution in [3.05, 3.63) is 15.9 Å². The van der Waals surface area contributed by atoms with Crippen molar-refractivity contribution in [2.75, 3.05) is 0 Å². The SMILES string of the molecule is Cc1c(Br)nn2c1CC(NC(=O)OC(C)(C)C)CC2. The minimum Gasteiger partial charge on any atom is -0.444 e. The van der Waals surface area contributed by atoms with Gasteiger partial charge in [-0.25, -0.2) is 4.79 Å². The summed E-state index contributed by atoms with van der Waals surface area (Å²) in [5.41, 5.74) is 1.87. The number of hydrogen-bond acceptors (Lipinski definition) is 3. The highest BCUT2D eigenvalue weighted by Gasteiger charge is 2.25. The predicted octanol–water partition coefficient (Wildman–Crippen LogP) is 2.79. The molecule has 0 radical (unpaired) electrons. The number of hydrogen-bond donors (Lipinski definition) is 1. The first-order valence-electron chi connectivity index (χ1n) is 6.47. The normalized spacial score (nSPS) is 18.9. The number of carbonyl (C=O) groups excluding carboxylic acids is 1. The minimum absolute atomic E-state index is 0.115. The molecule has 1 unspecified atom stereocenters. The Balaban J connectivity index is 1.99.